The summed E-state index contributed by atoms with van der Waals surface area (Å²) >= 11 is 1.58. The number of epoxide rings is 1. The average Bonchev–Trinajstić information content (AvgIpc) is 3.22. The monoisotopic (exact) mass is 506 g/mol. The minimum atomic E-state index is -1.17. The van der Waals surface area contributed by atoms with Crippen LogP contribution in [0.3, 0.4) is 0 Å². The molecule has 8 heteroatoms. The molecule has 196 valence electrons. The first-order chi connectivity index (χ1) is 16.2. The van der Waals surface area contributed by atoms with Gasteiger partial charge >= 0.3 is 0 Å². The Labute approximate surface area is 213 Å². The number of carbonyl (C=O) groups excluding carboxylic acids is 2. The topological polar surface area (TPSA) is 112 Å². The molecule has 1 aromatic heterocycles. The van der Waals surface area contributed by atoms with Gasteiger partial charge in [0.25, 0.3) is 0 Å². The summed E-state index contributed by atoms with van der Waals surface area (Å²) in [6.07, 6.45) is 2.99. The van der Waals surface area contributed by atoms with E-state index in [9.17, 15) is 19.8 Å². The first-order valence-electron chi connectivity index (χ1n) is 12.7. The molecule has 0 radical (unpaired) electrons. The van der Waals surface area contributed by atoms with Crippen LogP contribution in [0, 0.1) is 24.2 Å². The van der Waals surface area contributed by atoms with E-state index in [2.05, 4.69) is 17.2 Å². The van der Waals surface area contributed by atoms with Crippen LogP contribution in [0.4, 0.5) is 0 Å². The molecule has 7 nitrogen and oxygen atoms in total. The third-order valence-corrected chi connectivity index (χ3v) is 8.86. The number of rotatable bonds is 2. The second-order valence-electron chi connectivity index (χ2n) is 11.4. The zero-order valence-electron chi connectivity index (χ0n) is 22.1. The molecule has 1 amide bonds. The highest BCUT2D eigenvalue weighted by atomic mass is 32.1. The molecule has 35 heavy (non-hydrogen) atoms. The summed E-state index contributed by atoms with van der Waals surface area (Å²) in [6.45, 7) is 13.0. The van der Waals surface area contributed by atoms with Gasteiger partial charge in [-0.1, -0.05) is 34.1 Å². The first-order valence-corrected chi connectivity index (χ1v) is 13.6. The van der Waals surface area contributed by atoms with Crippen molar-refractivity contribution >= 4 is 29.1 Å². The van der Waals surface area contributed by atoms with Gasteiger partial charge in [-0.2, -0.15) is 0 Å². The molecule has 4 unspecified atom stereocenters. The number of aliphatic hydroxyl groups is 2. The highest BCUT2D eigenvalue weighted by Gasteiger charge is 2.52. The van der Waals surface area contributed by atoms with E-state index in [1.165, 1.54) is 0 Å². The van der Waals surface area contributed by atoms with Crippen LogP contribution in [0.5, 0.6) is 0 Å². The number of ketones is 1. The number of carbonyl (C=O) groups is 2. The van der Waals surface area contributed by atoms with Gasteiger partial charge in [0.05, 0.1) is 52.5 Å². The van der Waals surface area contributed by atoms with Gasteiger partial charge in [0, 0.05) is 17.7 Å². The molecule has 0 aromatic carbocycles. The van der Waals surface area contributed by atoms with Gasteiger partial charge in [0.15, 0.2) is 0 Å². The molecule has 0 spiro atoms. The fourth-order valence-electron chi connectivity index (χ4n) is 5.19. The van der Waals surface area contributed by atoms with Gasteiger partial charge in [-0.15, -0.1) is 11.3 Å². The number of amides is 1. The number of fused-ring (bicyclic) bond motifs is 1. The van der Waals surface area contributed by atoms with Crippen molar-refractivity contribution in [3.05, 3.63) is 21.7 Å². The quantitative estimate of drug-likeness (QED) is 0.522. The predicted octanol–water partition coefficient (Wildman–Crippen LogP) is 4.05. The summed E-state index contributed by atoms with van der Waals surface area (Å²) < 4.78 is 6.10. The molecular weight excluding hydrogens is 464 g/mol. The zero-order valence-corrected chi connectivity index (χ0v) is 22.9. The number of thiazole rings is 1. The first kappa shape index (κ1) is 28.0. The number of Topliss-reactive ketones (excluding diaryl/α,β-unsaturated/α-hetero) is 1. The van der Waals surface area contributed by atoms with Crippen molar-refractivity contribution in [2.75, 3.05) is 0 Å². The van der Waals surface area contributed by atoms with Gasteiger partial charge in [-0.25, -0.2) is 4.98 Å². The molecule has 3 rings (SSSR count). The van der Waals surface area contributed by atoms with Crippen LogP contribution in [0.25, 0.3) is 6.08 Å². The Morgan fingerprint density at radius 2 is 1.94 bits per heavy atom. The Kier molecular flexibility index (Phi) is 8.62. The SMILES string of the molecule is C/C(=C\c1csc(C)n1)[C@@H]1C[C@@H]2O[C@]2(C)CCCC(C)C(O)C(C)C(=O)C(C)(C)C(O)CC(=O)N1. The lowest BCUT2D eigenvalue weighted by molar-refractivity contribution is -0.143. The second-order valence-corrected chi connectivity index (χ2v) is 12.5. The molecule has 0 saturated carbocycles. The van der Waals surface area contributed by atoms with Crippen molar-refractivity contribution in [1.29, 1.82) is 0 Å². The van der Waals surface area contributed by atoms with Crippen molar-refractivity contribution in [3.63, 3.8) is 0 Å². The number of nitrogens with zero attached hydrogens (tertiary/aromatic N) is 1. The van der Waals surface area contributed by atoms with E-state index in [0.29, 0.717) is 6.42 Å². The third kappa shape index (κ3) is 6.59. The molecule has 7 atom stereocenters. The van der Waals surface area contributed by atoms with Gasteiger partial charge in [-0.3, -0.25) is 9.59 Å². The fraction of sp³-hybridized carbons (Fsp3) is 0.741. The highest BCUT2D eigenvalue weighted by Crippen LogP contribution is 2.44. The summed E-state index contributed by atoms with van der Waals surface area (Å²) in [5.74, 6) is -1.24. The number of ether oxygens (including phenoxy) is 1. The summed E-state index contributed by atoms with van der Waals surface area (Å²) in [6, 6.07) is -0.269. The maximum absolute atomic E-state index is 13.2. The minimum absolute atomic E-state index is 0.0170. The molecular formula is C27H42N2O5S. The lowest BCUT2D eigenvalue weighted by Crippen LogP contribution is -2.47. The number of aromatic nitrogens is 1. The summed E-state index contributed by atoms with van der Waals surface area (Å²) in [5.41, 5.74) is 0.410. The molecule has 0 bridgehead atoms. The highest BCUT2D eigenvalue weighted by molar-refractivity contribution is 7.09. The van der Waals surface area contributed by atoms with E-state index in [-0.39, 0.29) is 41.8 Å². The lowest BCUT2D eigenvalue weighted by Gasteiger charge is -2.34. The van der Waals surface area contributed by atoms with Crippen LogP contribution >= 0.6 is 11.3 Å². The maximum Gasteiger partial charge on any atom is 0.223 e. The number of hydrogen-bond acceptors (Lipinski definition) is 7. The Bertz CT molecular complexity index is 957. The van der Waals surface area contributed by atoms with Crippen molar-refractivity contribution in [3.8, 4) is 0 Å². The number of nitrogens with one attached hydrogen (secondary N) is 1. The lowest BCUT2D eigenvalue weighted by atomic mass is 9.72. The zero-order chi connectivity index (χ0) is 26.1. The summed E-state index contributed by atoms with van der Waals surface area (Å²) in [5, 5.41) is 27.8. The van der Waals surface area contributed by atoms with Crippen LogP contribution in [0.15, 0.2) is 11.0 Å². The van der Waals surface area contributed by atoms with Gasteiger partial charge in [0.2, 0.25) is 5.91 Å². The molecule has 3 N–H and O–H groups in total. The smallest absolute Gasteiger partial charge is 0.223 e. The second kappa shape index (κ2) is 10.8. The van der Waals surface area contributed by atoms with Gasteiger partial charge in [0.1, 0.15) is 5.78 Å². The van der Waals surface area contributed by atoms with E-state index < -0.39 is 23.5 Å². The van der Waals surface area contributed by atoms with Gasteiger partial charge in [-0.05, 0) is 51.2 Å². The van der Waals surface area contributed by atoms with Crippen molar-refractivity contribution < 1.29 is 24.5 Å². The van der Waals surface area contributed by atoms with Gasteiger partial charge < -0.3 is 20.3 Å². The van der Waals surface area contributed by atoms with Crippen molar-refractivity contribution in [1.82, 2.24) is 10.3 Å². The predicted molar refractivity (Wildman–Crippen MR) is 138 cm³/mol. The van der Waals surface area contributed by atoms with Crippen LogP contribution in [0.2, 0.25) is 0 Å². The molecule has 1 aromatic rings. The number of aliphatic hydroxyl groups excluding tert-OH is 2. The molecule has 0 aliphatic carbocycles. The van der Waals surface area contributed by atoms with Crippen molar-refractivity contribution in [2.45, 2.75) is 111 Å². The van der Waals surface area contributed by atoms with Crippen LogP contribution in [-0.2, 0) is 14.3 Å². The van der Waals surface area contributed by atoms with E-state index in [4.69, 9.17) is 4.74 Å². The van der Waals surface area contributed by atoms with E-state index in [1.54, 1.807) is 32.1 Å². The maximum atomic E-state index is 13.2. The Morgan fingerprint density at radius 3 is 2.57 bits per heavy atom. The third-order valence-electron chi connectivity index (χ3n) is 8.07. The average molecular weight is 507 g/mol. The summed E-state index contributed by atoms with van der Waals surface area (Å²) in [4.78, 5) is 30.8. The number of aryl methyl sites for hydroxylation is 1. The number of hydrogen-bond donors (Lipinski definition) is 3. The van der Waals surface area contributed by atoms with Crippen LogP contribution in [0.1, 0.15) is 84.3 Å². The fourth-order valence-corrected chi connectivity index (χ4v) is 5.76. The molecule has 3 heterocycles. The normalized spacial score (nSPS) is 37.5. The largest absolute Gasteiger partial charge is 0.392 e. The molecule has 2 saturated heterocycles. The Hall–Kier alpha value is -1.61. The summed E-state index contributed by atoms with van der Waals surface area (Å²) in [7, 11) is 0. The Balaban J connectivity index is 1.85. The molecule has 2 fully saturated rings. The standard InChI is InChI=1S/C27H42N2O5S/c1-15-9-8-10-27(7)22(34-27)12-20(16(2)11-19-14-35-18(4)28-19)29-23(31)13-21(30)26(5,6)25(33)17(3)24(15)32/h11,14-15,17,20-22,24,30,32H,8-10,12-13H2,1-7H3,(H,29,31)/b16-11+/t15?,17?,20-,21?,22-,24?,27+/m0/s1. The Morgan fingerprint density at radius 1 is 1.26 bits per heavy atom. The molecule has 2 aliphatic heterocycles. The minimum Gasteiger partial charge on any atom is -0.392 e. The van der Waals surface area contributed by atoms with E-state index in [1.807, 2.05) is 32.2 Å². The van der Waals surface area contributed by atoms with Crippen LogP contribution < -0.4 is 5.32 Å². The van der Waals surface area contributed by atoms with Crippen molar-refractivity contribution in [2.24, 2.45) is 17.3 Å². The van der Waals surface area contributed by atoms with E-state index >= 15 is 0 Å². The van der Waals surface area contributed by atoms with E-state index in [0.717, 1.165) is 35.5 Å². The molecule has 2 aliphatic rings. The van der Waals surface area contributed by atoms with Crippen LogP contribution in [-0.4, -0.2) is 56.8 Å².